The Morgan fingerprint density at radius 3 is 2.79 bits per heavy atom. The topological polar surface area (TPSA) is 110 Å². The maximum Gasteiger partial charge on any atom is 0.232 e. The van der Waals surface area contributed by atoms with E-state index in [9.17, 15) is 0 Å². The first kappa shape index (κ1) is 17.9. The molecule has 0 spiro atoms. The quantitative estimate of drug-likeness (QED) is 0.593. The van der Waals surface area contributed by atoms with Gasteiger partial charge < -0.3 is 10.6 Å². The molecule has 2 aliphatic heterocycles. The Morgan fingerprint density at radius 1 is 1.24 bits per heavy atom. The summed E-state index contributed by atoms with van der Waals surface area (Å²) in [6.07, 6.45) is 7.04. The molecule has 3 atom stereocenters. The first-order valence-corrected chi connectivity index (χ1v) is 10.2. The smallest absolute Gasteiger partial charge is 0.232 e. The van der Waals surface area contributed by atoms with E-state index in [1.807, 2.05) is 25.1 Å². The molecule has 3 N–H and O–H groups in total. The number of anilines is 3. The molecule has 1 unspecified atom stereocenters. The van der Waals surface area contributed by atoms with Crippen molar-refractivity contribution < 1.29 is 0 Å². The number of nitriles is 1. The number of hydrogen-bond donors (Lipinski definition) is 3. The van der Waals surface area contributed by atoms with Crippen LogP contribution >= 0.6 is 0 Å². The minimum atomic E-state index is 0.393. The summed E-state index contributed by atoms with van der Waals surface area (Å²) in [6.45, 7) is 2.86. The molecule has 0 aliphatic carbocycles. The van der Waals surface area contributed by atoms with Gasteiger partial charge in [0.2, 0.25) is 5.95 Å². The SMILES string of the molecule is Cc1cc(Nc2nc(N[C@@H]3CC4CC[C@@H](C3)N4CCC#N)cc3ccnn23)n[nH]1. The lowest BCUT2D eigenvalue weighted by molar-refractivity contribution is 0.136. The molecule has 0 saturated carbocycles. The van der Waals surface area contributed by atoms with Crippen molar-refractivity contribution in [2.75, 3.05) is 17.2 Å². The summed E-state index contributed by atoms with van der Waals surface area (Å²) < 4.78 is 1.78. The molecule has 9 nitrogen and oxygen atoms in total. The number of hydrogen-bond acceptors (Lipinski definition) is 7. The van der Waals surface area contributed by atoms with Crippen molar-refractivity contribution in [2.24, 2.45) is 0 Å². The first-order valence-electron chi connectivity index (χ1n) is 10.2. The van der Waals surface area contributed by atoms with E-state index in [1.54, 1.807) is 10.7 Å². The maximum absolute atomic E-state index is 8.92. The van der Waals surface area contributed by atoms with Gasteiger partial charge in [0.25, 0.3) is 0 Å². The number of fused-ring (bicyclic) bond motifs is 3. The zero-order valence-corrected chi connectivity index (χ0v) is 16.5. The van der Waals surface area contributed by atoms with Crippen molar-refractivity contribution in [3.8, 4) is 6.07 Å². The summed E-state index contributed by atoms with van der Waals surface area (Å²) in [6, 6.07) is 9.77. The van der Waals surface area contributed by atoms with Crippen molar-refractivity contribution in [2.45, 2.75) is 57.2 Å². The molecule has 2 bridgehead atoms. The molecule has 2 saturated heterocycles. The predicted octanol–water partition coefficient (Wildman–Crippen LogP) is 2.83. The van der Waals surface area contributed by atoms with Crippen LogP contribution in [0.1, 0.15) is 37.8 Å². The largest absolute Gasteiger partial charge is 0.367 e. The number of aromatic amines is 1. The van der Waals surface area contributed by atoms with Crippen molar-refractivity contribution >= 4 is 23.1 Å². The van der Waals surface area contributed by atoms with Gasteiger partial charge in [-0.3, -0.25) is 10.00 Å². The van der Waals surface area contributed by atoms with Gasteiger partial charge in [-0.05, 0) is 38.7 Å². The van der Waals surface area contributed by atoms with Crippen molar-refractivity contribution in [3.05, 3.63) is 30.1 Å². The highest BCUT2D eigenvalue weighted by atomic mass is 15.3. The van der Waals surface area contributed by atoms with Crippen molar-refractivity contribution in [1.29, 1.82) is 5.26 Å². The van der Waals surface area contributed by atoms with E-state index >= 15 is 0 Å². The minimum absolute atomic E-state index is 0.393. The molecule has 3 aromatic heterocycles. The van der Waals surface area contributed by atoms with Crippen LogP contribution in [0.4, 0.5) is 17.6 Å². The van der Waals surface area contributed by atoms with Crippen LogP contribution < -0.4 is 10.6 Å². The Kier molecular flexibility index (Phi) is 4.56. The van der Waals surface area contributed by atoms with Crippen LogP contribution in [0.3, 0.4) is 0 Å². The molecule has 2 fully saturated rings. The van der Waals surface area contributed by atoms with Gasteiger partial charge in [0, 0.05) is 48.9 Å². The van der Waals surface area contributed by atoms with Crippen molar-refractivity contribution in [3.63, 3.8) is 0 Å². The molecular weight excluding hydrogens is 366 g/mol. The summed E-state index contributed by atoms with van der Waals surface area (Å²) >= 11 is 0. The Hall–Kier alpha value is -3.12. The van der Waals surface area contributed by atoms with Crippen LogP contribution in [0, 0.1) is 18.3 Å². The summed E-state index contributed by atoms with van der Waals surface area (Å²) in [5.41, 5.74) is 1.96. The number of aromatic nitrogens is 5. The third kappa shape index (κ3) is 3.51. The van der Waals surface area contributed by atoms with Crippen LogP contribution in [-0.2, 0) is 0 Å². The maximum atomic E-state index is 8.92. The van der Waals surface area contributed by atoms with Gasteiger partial charge in [-0.25, -0.2) is 4.52 Å². The normalized spacial score (nSPS) is 23.9. The molecule has 9 heteroatoms. The zero-order valence-electron chi connectivity index (χ0n) is 16.5. The number of H-pyrrole nitrogens is 1. The number of aryl methyl sites for hydroxylation is 1. The average Bonchev–Trinajstić information content (AvgIpc) is 3.39. The lowest BCUT2D eigenvalue weighted by Gasteiger charge is -2.39. The summed E-state index contributed by atoms with van der Waals surface area (Å²) in [5, 5.41) is 27.4. The molecular formula is C20H25N9. The minimum Gasteiger partial charge on any atom is -0.367 e. The average molecular weight is 391 g/mol. The van der Waals surface area contributed by atoms with Gasteiger partial charge in [-0.2, -0.15) is 20.4 Å². The molecule has 3 aromatic rings. The second kappa shape index (κ2) is 7.37. The second-order valence-corrected chi connectivity index (χ2v) is 8.04. The fourth-order valence-corrected chi connectivity index (χ4v) is 4.83. The molecule has 5 heterocycles. The summed E-state index contributed by atoms with van der Waals surface area (Å²) in [4.78, 5) is 7.32. The molecule has 5 rings (SSSR count). The summed E-state index contributed by atoms with van der Waals surface area (Å²) in [5.74, 6) is 2.20. The van der Waals surface area contributed by atoms with Gasteiger partial charge in [-0.15, -0.1) is 0 Å². The molecule has 0 radical (unpaired) electrons. The molecule has 29 heavy (non-hydrogen) atoms. The lowest BCUT2D eigenvalue weighted by atomic mass is 9.97. The van der Waals surface area contributed by atoms with Crippen molar-refractivity contribution in [1.82, 2.24) is 29.7 Å². The van der Waals surface area contributed by atoms with E-state index in [0.717, 1.165) is 36.4 Å². The second-order valence-electron chi connectivity index (χ2n) is 8.04. The van der Waals surface area contributed by atoms with Crippen LogP contribution in [-0.4, -0.2) is 54.4 Å². The Balaban J connectivity index is 1.34. The molecule has 2 aliphatic rings. The fraction of sp³-hybridized carbons (Fsp3) is 0.500. The van der Waals surface area contributed by atoms with Gasteiger partial charge in [0.1, 0.15) is 5.82 Å². The molecule has 0 aromatic carbocycles. The first-order chi connectivity index (χ1) is 14.2. The van der Waals surface area contributed by atoms with E-state index in [1.165, 1.54) is 12.8 Å². The van der Waals surface area contributed by atoms with E-state index in [4.69, 9.17) is 10.2 Å². The lowest BCUT2D eigenvalue weighted by Crippen LogP contribution is -2.47. The van der Waals surface area contributed by atoms with E-state index in [2.05, 4.69) is 36.9 Å². The zero-order chi connectivity index (χ0) is 19.8. The Labute approximate surface area is 169 Å². The van der Waals surface area contributed by atoms with Crippen LogP contribution in [0.15, 0.2) is 24.4 Å². The fourth-order valence-electron chi connectivity index (χ4n) is 4.83. The highest BCUT2D eigenvalue weighted by Gasteiger charge is 2.40. The summed E-state index contributed by atoms with van der Waals surface area (Å²) in [7, 11) is 0. The van der Waals surface area contributed by atoms with Gasteiger partial charge in [0.15, 0.2) is 5.82 Å². The Bertz CT molecular complexity index is 1030. The highest BCUT2D eigenvalue weighted by Crippen LogP contribution is 2.36. The van der Waals surface area contributed by atoms with Crippen LogP contribution in [0.25, 0.3) is 5.52 Å². The third-order valence-corrected chi connectivity index (χ3v) is 6.05. The monoisotopic (exact) mass is 391 g/mol. The van der Waals surface area contributed by atoms with Gasteiger partial charge in [-0.1, -0.05) is 0 Å². The standard InChI is InChI=1S/C20H25N9/c1-13-9-19(27-26-13)25-20-24-18(12-17-5-7-22-29(17)20)23-14-10-15-3-4-16(11-14)28(15)8-2-6-21/h5,7,9,12,14-16,23H,2-4,8,10-11H2,1H3,(H2,24,25,26,27)/t14-,15-,16?/m0/s1. The number of piperidine rings is 1. The van der Waals surface area contributed by atoms with E-state index in [-0.39, 0.29) is 0 Å². The van der Waals surface area contributed by atoms with E-state index < -0.39 is 0 Å². The number of rotatable bonds is 6. The van der Waals surface area contributed by atoms with Crippen LogP contribution in [0.5, 0.6) is 0 Å². The van der Waals surface area contributed by atoms with Gasteiger partial charge >= 0.3 is 0 Å². The molecule has 150 valence electrons. The predicted molar refractivity (Wildman–Crippen MR) is 110 cm³/mol. The van der Waals surface area contributed by atoms with Gasteiger partial charge in [0.05, 0.1) is 17.8 Å². The number of nitrogens with zero attached hydrogens (tertiary/aromatic N) is 6. The number of nitrogens with one attached hydrogen (secondary N) is 3. The third-order valence-electron chi connectivity index (χ3n) is 6.05. The Morgan fingerprint density at radius 2 is 2.07 bits per heavy atom. The highest BCUT2D eigenvalue weighted by molar-refractivity contribution is 5.62. The van der Waals surface area contributed by atoms with Crippen LogP contribution in [0.2, 0.25) is 0 Å². The molecule has 0 amide bonds. The van der Waals surface area contributed by atoms with E-state index in [0.29, 0.717) is 36.3 Å².